The van der Waals surface area contributed by atoms with E-state index in [-0.39, 0.29) is 17.0 Å². The van der Waals surface area contributed by atoms with Crippen LogP contribution in [0.1, 0.15) is 41.4 Å². The van der Waals surface area contributed by atoms with Crippen LogP contribution in [0.25, 0.3) is 11.5 Å². The predicted octanol–water partition coefficient (Wildman–Crippen LogP) is 3.50. The van der Waals surface area contributed by atoms with Crippen molar-refractivity contribution in [1.29, 1.82) is 0 Å². The Labute approximate surface area is 196 Å². The number of hydrogen-bond donors (Lipinski definition) is 2. The number of fused-ring (bicyclic) bond motifs is 1. The molecule has 2 N–H and O–H groups in total. The Morgan fingerprint density at radius 1 is 1.11 bits per heavy atom. The molecule has 0 aliphatic rings. The number of amides is 1. The summed E-state index contributed by atoms with van der Waals surface area (Å²) in [5.74, 6) is -1.35. The largest absolute Gasteiger partial charge is 0.573 e. The summed E-state index contributed by atoms with van der Waals surface area (Å²) in [7, 11) is 0. The highest BCUT2D eigenvalue weighted by molar-refractivity contribution is 6.00. The fraction of sp³-hybridized carbons (Fsp3) is 0.273. The van der Waals surface area contributed by atoms with Gasteiger partial charge in [0, 0.05) is 11.8 Å². The van der Waals surface area contributed by atoms with Crippen molar-refractivity contribution in [3.63, 3.8) is 0 Å². The number of nitrogens with zero attached hydrogens (tertiary/aromatic N) is 5. The van der Waals surface area contributed by atoms with Gasteiger partial charge < -0.3 is 15.2 Å². The van der Waals surface area contributed by atoms with Gasteiger partial charge in [-0.25, -0.2) is 18.6 Å². The molecule has 0 aliphatic heterocycles. The van der Waals surface area contributed by atoms with Crippen LogP contribution in [0.15, 0.2) is 49.1 Å². The highest BCUT2D eigenvalue weighted by Gasteiger charge is 2.33. The number of alkyl halides is 3. The van der Waals surface area contributed by atoms with E-state index in [2.05, 4.69) is 25.2 Å². The smallest absolute Gasteiger partial charge is 0.406 e. The van der Waals surface area contributed by atoms with Crippen molar-refractivity contribution in [1.82, 2.24) is 29.7 Å². The molecule has 9 nitrogen and oxygen atoms in total. The van der Waals surface area contributed by atoms with Crippen LogP contribution < -0.4 is 10.1 Å². The Hall–Kier alpha value is -4.00. The molecule has 0 spiro atoms. The summed E-state index contributed by atoms with van der Waals surface area (Å²) in [6.45, 7) is 4.61. The van der Waals surface area contributed by atoms with E-state index in [0.717, 1.165) is 24.5 Å². The molecular formula is C22H20F4N6O3. The number of carbonyl (C=O) groups excluding carboxylic acids is 1. The first-order chi connectivity index (χ1) is 16.3. The minimum Gasteiger partial charge on any atom is -0.406 e. The molecule has 4 rings (SSSR count). The molecule has 4 aromatic rings. The van der Waals surface area contributed by atoms with Crippen molar-refractivity contribution in [2.45, 2.75) is 38.8 Å². The number of ether oxygens (including phenoxy) is 1. The third-order valence-electron chi connectivity index (χ3n) is 5.09. The normalized spacial score (nSPS) is 13.1. The van der Waals surface area contributed by atoms with Crippen LogP contribution in [0.4, 0.5) is 17.6 Å². The standard InChI is InChI=1S/C22H20F4N6O3/c1-12-10-31-19(30-18(12)32-11-14(23)8-27-32)16(9-28-31)20(33)29-17(21(2,3)34)13-4-6-15(7-5-13)35-22(24,25)26/h4-11,17,34H,1-3H3,(H,29,33)/t17-/m0/s1. The SMILES string of the molecule is Cc1cn2ncc(C(=O)N[C@@H](c3ccc(OC(F)(F)F)cc3)C(C)(C)O)c2nc1-n1cc(F)cn1. The molecular weight excluding hydrogens is 472 g/mol. The lowest BCUT2D eigenvalue weighted by atomic mass is 9.91. The van der Waals surface area contributed by atoms with Crippen molar-refractivity contribution in [3.8, 4) is 11.6 Å². The maximum atomic E-state index is 13.4. The summed E-state index contributed by atoms with van der Waals surface area (Å²) in [5, 5.41) is 21.4. The van der Waals surface area contributed by atoms with Gasteiger partial charge in [0.05, 0.1) is 30.2 Å². The molecule has 0 aliphatic carbocycles. The van der Waals surface area contributed by atoms with Gasteiger partial charge in [0.1, 0.15) is 11.3 Å². The van der Waals surface area contributed by atoms with Gasteiger partial charge >= 0.3 is 6.36 Å². The van der Waals surface area contributed by atoms with Crippen molar-refractivity contribution >= 4 is 11.6 Å². The van der Waals surface area contributed by atoms with Crippen LogP contribution in [0, 0.1) is 12.7 Å². The summed E-state index contributed by atoms with van der Waals surface area (Å²) in [4.78, 5) is 17.6. The van der Waals surface area contributed by atoms with Gasteiger partial charge in [-0.05, 0) is 38.5 Å². The van der Waals surface area contributed by atoms with Gasteiger partial charge in [-0.1, -0.05) is 12.1 Å². The zero-order chi connectivity index (χ0) is 25.5. The maximum absolute atomic E-state index is 13.4. The van der Waals surface area contributed by atoms with E-state index in [1.54, 1.807) is 13.1 Å². The van der Waals surface area contributed by atoms with Crippen LogP contribution in [0.2, 0.25) is 0 Å². The monoisotopic (exact) mass is 492 g/mol. The van der Waals surface area contributed by atoms with Gasteiger partial charge in [0.15, 0.2) is 17.3 Å². The van der Waals surface area contributed by atoms with E-state index in [1.165, 1.54) is 41.4 Å². The van der Waals surface area contributed by atoms with Gasteiger partial charge in [-0.3, -0.25) is 4.79 Å². The third kappa shape index (κ3) is 5.24. The lowest BCUT2D eigenvalue weighted by Crippen LogP contribution is -2.42. The lowest BCUT2D eigenvalue weighted by molar-refractivity contribution is -0.274. The fourth-order valence-corrected chi connectivity index (χ4v) is 3.54. The Morgan fingerprint density at radius 2 is 1.80 bits per heavy atom. The zero-order valence-electron chi connectivity index (χ0n) is 18.7. The molecule has 184 valence electrons. The van der Waals surface area contributed by atoms with Crippen molar-refractivity contribution in [2.24, 2.45) is 0 Å². The second-order valence-corrected chi connectivity index (χ2v) is 8.35. The van der Waals surface area contributed by atoms with Gasteiger partial charge in [-0.15, -0.1) is 13.2 Å². The second kappa shape index (κ2) is 8.65. The highest BCUT2D eigenvalue weighted by atomic mass is 19.4. The molecule has 0 radical (unpaired) electrons. The summed E-state index contributed by atoms with van der Waals surface area (Å²) in [5.41, 5.74) is -0.320. The van der Waals surface area contributed by atoms with Crippen LogP contribution >= 0.6 is 0 Å². The quantitative estimate of drug-likeness (QED) is 0.399. The number of benzene rings is 1. The van der Waals surface area contributed by atoms with Crippen molar-refractivity contribution in [2.75, 3.05) is 0 Å². The minimum atomic E-state index is -4.85. The molecule has 1 amide bonds. The lowest BCUT2D eigenvalue weighted by Gasteiger charge is -2.30. The first kappa shape index (κ1) is 24.1. The van der Waals surface area contributed by atoms with Crippen LogP contribution in [0.5, 0.6) is 5.75 Å². The molecule has 0 bridgehead atoms. The van der Waals surface area contributed by atoms with Crippen LogP contribution in [-0.4, -0.2) is 47.4 Å². The van der Waals surface area contributed by atoms with Crippen LogP contribution in [-0.2, 0) is 0 Å². The van der Waals surface area contributed by atoms with E-state index in [1.807, 2.05) is 0 Å². The molecule has 35 heavy (non-hydrogen) atoms. The molecule has 3 heterocycles. The Balaban J connectivity index is 1.65. The van der Waals surface area contributed by atoms with E-state index in [0.29, 0.717) is 11.1 Å². The third-order valence-corrected chi connectivity index (χ3v) is 5.09. The Morgan fingerprint density at radius 3 is 2.37 bits per heavy atom. The number of rotatable bonds is 6. The number of nitrogens with one attached hydrogen (secondary N) is 1. The van der Waals surface area contributed by atoms with Crippen molar-refractivity contribution in [3.05, 3.63) is 71.6 Å². The molecule has 0 saturated carbocycles. The number of hydrogen-bond acceptors (Lipinski definition) is 6. The highest BCUT2D eigenvalue weighted by Crippen LogP contribution is 2.29. The van der Waals surface area contributed by atoms with Gasteiger partial charge in [-0.2, -0.15) is 10.2 Å². The predicted molar refractivity (Wildman–Crippen MR) is 114 cm³/mol. The summed E-state index contributed by atoms with van der Waals surface area (Å²) >= 11 is 0. The fourth-order valence-electron chi connectivity index (χ4n) is 3.54. The molecule has 3 aromatic heterocycles. The van der Waals surface area contributed by atoms with E-state index >= 15 is 0 Å². The summed E-state index contributed by atoms with van der Waals surface area (Å²) in [6, 6.07) is 3.79. The molecule has 1 aromatic carbocycles. The van der Waals surface area contributed by atoms with Gasteiger partial charge in [0.25, 0.3) is 5.91 Å². The number of aromatic nitrogens is 5. The molecule has 1 atom stereocenters. The minimum absolute atomic E-state index is 0.0603. The number of aryl methyl sites for hydroxylation is 1. The van der Waals surface area contributed by atoms with E-state index in [9.17, 15) is 27.5 Å². The topological polar surface area (TPSA) is 107 Å². The van der Waals surface area contributed by atoms with E-state index in [4.69, 9.17) is 0 Å². The molecule has 0 fully saturated rings. The molecule has 0 saturated heterocycles. The van der Waals surface area contributed by atoms with Gasteiger partial charge in [0.2, 0.25) is 0 Å². The summed E-state index contributed by atoms with van der Waals surface area (Å²) in [6.07, 6.45) is 0.195. The Bertz CT molecular complexity index is 1370. The first-order valence-electron chi connectivity index (χ1n) is 10.3. The van der Waals surface area contributed by atoms with E-state index < -0.39 is 35.5 Å². The first-order valence-corrected chi connectivity index (χ1v) is 10.3. The summed E-state index contributed by atoms with van der Waals surface area (Å²) < 4.78 is 57.3. The average Bonchev–Trinajstić information content (AvgIpc) is 3.35. The zero-order valence-corrected chi connectivity index (χ0v) is 18.7. The maximum Gasteiger partial charge on any atom is 0.573 e. The number of carbonyl (C=O) groups is 1. The molecule has 0 unspecified atom stereocenters. The number of halogens is 4. The van der Waals surface area contributed by atoms with Crippen molar-refractivity contribution < 1.29 is 32.2 Å². The Kier molecular flexibility index (Phi) is 5.97. The second-order valence-electron chi connectivity index (χ2n) is 8.35. The number of aliphatic hydroxyl groups is 1. The van der Waals surface area contributed by atoms with Crippen LogP contribution in [0.3, 0.4) is 0 Å². The average molecular weight is 492 g/mol. The molecule has 13 heteroatoms.